The minimum absolute atomic E-state index is 0.0681. The lowest BCUT2D eigenvalue weighted by molar-refractivity contribution is 0.448. The van der Waals surface area contributed by atoms with E-state index in [4.69, 9.17) is 0 Å². The molecule has 0 aliphatic rings. The van der Waals surface area contributed by atoms with E-state index in [9.17, 15) is 9.50 Å². The molecule has 20 heavy (non-hydrogen) atoms. The zero-order chi connectivity index (χ0) is 14.4. The molecule has 1 unspecified atom stereocenters. The number of hydrogen-bond acceptors (Lipinski definition) is 2. The number of aryl methyl sites for hydroxylation is 1. The van der Waals surface area contributed by atoms with Crippen LogP contribution in [0.25, 0.3) is 0 Å². The summed E-state index contributed by atoms with van der Waals surface area (Å²) < 4.78 is 13.2. The van der Waals surface area contributed by atoms with E-state index in [1.165, 1.54) is 23.8 Å². The lowest BCUT2D eigenvalue weighted by atomic mass is 10.1. The van der Waals surface area contributed by atoms with E-state index < -0.39 is 0 Å². The van der Waals surface area contributed by atoms with Gasteiger partial charge in [-0.2, -0.15) is 0 Å². The predicted octanol–water partition coefficient (Wildman–Crippen LogP) is 3.81. The molecule has 0 heterocycles. The molecule has 0 aromatic heterocycles. The minimum atomic E-state index is -0.323. The van der Waals surface area contributed by atoms with Crippen molar-refractivity contribution in [2.75, 3.05) is 6.54 Å². The number of aromatic hydroxyl groups is 1. The van der Waals surface area contributed by atoms with Gasteiger partial charge in [-0.25, -0.2) is 4.39 Å². The molecule has 2 aromatic carbocycles. The van der Waals surface area contributed by atoms with Crippen LogP contribution in [-0.4, -0.2) is 11.7 Å². The maximum atomic E-state index is 13.2. The Hall–Kier alpha value is -1.87. The van der Waals surface area contributed by atoms with Crippen LogP contribution in [0.15, 0.2) is 48.5 Å². The van der Waals surface area contributed by atoms with E-state index in [2.05, 4.69) is 17.4 Å². The quantitative estimate of drug-likeness (QED) is 0.784. The van der Waals surface area contributed by atoms with Crippen LogP contribution in [-0.2, 0) is 6.42 Å². The lowest BCUT2D eigenvalue weighted by Gasteiger charge is -2.15. The molecule has 0 radical (unpaired) electrons. The van der Waals surface area contributed by atoms with Crippen LogP contribution in [0.3, 0.4) is 0 Å². The van der Waals surface area contributed by atoms with Gasteiger partial charge >= 0.3 is 0 Å². The highest BCUT2D eigenvalue weighted by molar-refractivity contribution is 5.34. The molecular formula is C17H20FNO. The Kier molecular flexibility index (Phi) is 5.13. The molecular weight excluding hydrogens is 253 g/mol. The van der Waals surface area contributed by atoms with E-state index >= 15 is 0 Å². The molecule has 0 saturated heterocycles. The molecule has 1 atom stereocenters. The summed E-state index contributed by atoms with van der Waals surface area (Å²) in [6.07, 6.45) is 2.01. The Morgan fingerprint density at radius 3 is 2.65 bits per heavy atom. The zero-order valence-electron chi connectivity index (χ0n) is 11.6. The van der Waals surface area contributed by atoms with Crippen molar-refractivity contribution in [1.82, 2.24) is 5.32 Å². The van der Waals surface area contributed by atoms with Crippen molar-refractivity contribution in [1.29, 1.82) is 0 Å². The van der Waals surface area contributed by atoms with E-state index in [-0.39, 0.29) is 17.6 Å². The molecule has 0 fully saturated rings. The van der Waals surface area contributed by atoms with Crippen LogP contribution in [0.5, 0.6) is 5.75 Å². The third kappa shape index (κ3) is 4.07. The monoisotopic (exact) mass is 273 g/mol. The Bertz CT molecular complexity index is 542. The smallest absolute Gasteiger partial charge is 0.123 e. The highest BCUT2D eigenvalue weighted by atomic mass is 19.1. The van der Waals surface area contributed by atoms with Crippen LogP contribution in [0.4, 0.5) is 4.39 Å². The molecule has 0 saturated carbocycles. The molecule has 2 aromatic rings. The molecule has 0 spiro atoms. The van der Waals surface area contributed by atoms with E-state index in [0.717, 1.165) is 19.4 Å². The van der Waals surface area contributed by atoms with Crippen molar-refractivity contribution < 1.29 is 9.50 Å². The maximum Gasteiger partial charge on any atom is 0.123 e. The Labute approximate surface area is 119 Å². The molecule has 2 N–H and O–H groups in total. The van der Waals surface area contributed by atoms with Gasteiger partial charge in [-0.05, 0) is 50.1 Å². The Morgan fingerprint density at radius 2 is 1.90 bits per heavy atom. The average molecular weight is 273 g/mol. The van der Waals surface area contributed by atoms with Gasteiger partial charge in [-0.15, -0.1) is 0 Å². The van der Waals surface area contributed by atoms with Crippen molar-refractivity contribution in [3.8, 4) is 5.75 Å². The van der Waals surface area contributed by atoms with Gasteiger partial charge < -0.3 is 10.4 Å². The predicted molar refractivity (Wildman–Crippen MR) is 79.2 cm³/mol. The summed E-state index contributed by atoms with van der Waals surface area (Å²) in [5.74, 6) is -0.190. The molecule has 0 amide bonds. The number of halogens is 1. The molecule has 2 rings (SSSR count). The molecule has 2 nitrogen and oxygen atoms in total. The first-order valence-electron chi connectivity index (χ1n) is 6.92. The van der Waals surface area contributed by atoms with Gasteiger partial charge in [0.1, 0.15) is 11.6 Å². The van der Waals surface area contributed by atoms with Crippen molar-refractivity contribution in [3.05, 3.63) is 65.5 Å². The Balaban J connectivity index is 1.80. The van der Waals surface area contributed by atoms with Crippen molar-refractivity contribution in [2.24, 2.45) is 0 Å². The summed E-state index contributed by atoms with van der Waals surface area (Å²) in [6.45, 7) is 2.75. The van der Waals surface area contributed by atoms with E-state index in [1.807, 2.05) is 25.1 Å². The molecule has 3 heteroatoms. The molecule has 0 bridgehead atoms. The van der Waals surface area contributed by atoms with Gasteiger partial charge in [0.25, 0.3) is 0 Å². The summed E-state index contributed by atoms with van der Waals surface area (Å²) in [7, 11) is 0. The summed E-state index contributed by atoms with van der Waals surface area (Å²) in [5, 5.41) is 13.0. The van der Waals surface area contributed by atoms with Crippen LogP contribution in [0.1, 0.15) is 30.5 Å². The largest absolute Gasteiger partial charge is 0.508 e. The summed E-state index contributed by atoms with van der Waals surface area (Å²) in [6, 6.07) is 14.3. The normalized spacial score (nSPS) is 12.3. The fourth-order valence-corrected chi connectivity index (χ4v) is 2.24. The topological polar surface area (TPSA) is 32.3 Å². The summed E-state index contributed by atoms with van der Waals surface area (Å²) >= 11 is 0. The first kappa shape index (κ1) is 14.5. The second kappa shape index (κ2) is 7.06. The van der Waals surface area contributed by atoms with Crippen molar-refractivity contribution >= 4 is 0 Å². The van der Waals surface area contributed by atoms with Gasteiger partial charge in [-0.3, -0.25) is 0 Å². The van der Waals surface area contributed by atoms with Gasteiger partial charge in [0.15, 0.2) is 0 Å². The van der Waals surface area contributed by atoms with E-state index in [0.29, 0.717) is 5.56 Å². The highest BCUT2D eigenvalue weighted by Crippen LogP contribution is 2.24. The van der Waals surface area contributed by atoms with Crippen molar-refractivity contribution in [3.63, 3.8) is 0 Å². The first-order valence-corrected chi connectivity index (χ1v) is 6.92. The number of benzene rings is 2. The highest BCUT2D eigenvalue weighted by Gasteiger charge is 2.10. The third-order valence-electron chi connectivity index (χ3n) is 3.39. The van der Waals surface area contributed by atoms with Gasteiger partial charge in [0.05, 0.1) is 0 Å². The zero-order valence-corrected chi connectivity index (χ0v) is 11.6. The van der Waals surface area contributed by atoms with Gasteiger partial charge in [0.2, 0.25) is 0 Å². The molecule has 0 aliphatic carbocycles. The van der Waals surface area contributed by atoms with E-state index in [1.54, 1.807) is 0 Å². The second-order valence-electron chi connectivity index (χ2n) is 4.97. The number of phenolic OH excluding ortho intramolecular Hbond substituents is 1. The average Bonchev–Trinajstić information content (AvgIpc) is 2.47. The van der Waals surface area contributed by atoms with Crippen LogP contribution >= 0.6 is 0 Å². The van der Waals surface area contributed by atoms with Crippen LogP contribution in [0, 0.1) is 5.82 Å². The van der Waals surface area contributed by atoms with Gasteiger partial charge in [-0.1, -0.05) is 30.3 Å². The minimum Gasteiger partial charge on any atom is -0.508 e. The fourth-order valence-electron chi connectivity index (χ4n) is 2.24. The van der Waals surface area contributed by atoms with Gasteiger partial charge in [0, 0.05) is 11.6 Å². The van der Waals surface area contributed by atoms with Crippen molar-refractivity contribution in [2.45, 2.75) is 25.8 Å². The number of hydrogen-bond donors (Lipinski definition) is 2. The SMILES string of the molecule is CC(NCCCc1ccccc1)c1cc(F)ccc1O. The van der Waals surface area contributed by atoms with Crippen LogP contribution in [0.2, 0.25) is 0 Å². The second-order valence-corrected chi connectivity index (χ2v) is 4.97. The maximum absolute atomic E-state index is 13.2. The number of rotatable bonds is 6. The lowest BCUT2D eigenvalue weighted by Crippen LogP contribution is -2.20. The number of phenols is 1. The number of nitrogens with one attached hydrogen (secondary N) is 1. The summed E-state index contributed by atoms with van der Waals surface area (Å²) in [4.78, 5) is 0. The van der Waals surface area contributed by atoms with Crippen LogP contribution < -0.4 is 5.32 Å². The first-order chi connectivity index (χ1) is 9.66. The molecule has 106 valence electrons. The summed E-state index contributed by atoms with van der Waals surface area (Å²) in [5.41, 5.74) is 1.92. The Morgan fingerprint density at radius 1 is 1.15 bits per heavy atom. The molecule has 0 aliphatic heterocycles. The standard InChI is InChI=1S/C17H20FNO/c1-13(16-12-15(18)9-10-17(16)20)19-11-5-8-14-6-3-2-4-7-14/h2-4,6-7,9-10,12-13,19-20H,5,8,11H2,1H3. The third-order valence-corrected chi connectivity index (χ3v) is 3.39. The fraction of sp³-hybridized carbons (Fsp3) is 0.294.